The lowest BCUT2D eigenvalue weighted by Crippen LogP contribution is -2.33. The van der Waals surface area contributed by atoms with Gasteiger partial charge in [0.05, 0.1) is 11.9 Å². The first kappa shape index (κ1) is 10.5. The SMILES string of the molecule is Brc1cncc(NC2CCN3CCCC23)c1. The van der Waals surface area contributed by atoms with Crippen LogP contribution in [0.4, 0.5) is 5.69 Å². The molecule has 2 saturated heterocycles. The van der Waals surface area contributed by atoms with E-state index in [9.17, 15) is 0 Å². The van der Waals surface area contributed by atoms with Gasteiger partial charge in [-0.1, -0.05) is 0 Å². The fourth-order valence-electron chi connectivity index (χ4n) is 2.96. The lowest BCUT2D eigenvalue weighted by Gasteiger charge is -2.22. The van der Waals surface area contributed by atoms with E-state index < -0.39 is 0 Å². The van der Waals surface area contributed by atoms with Gasteiger partial charge in [-0.15, -0.1) is 0 Å². The van der Waals surface area contributed by atoms with Crippen molar-refractivity contribution in [3.05, 3.63) is 22.9 Å². The van der Waals surface area contributed by atoms with E-state index in [4.69, 9.17) is 0 Å². The van der Waals surface area contributed by atoms with Gasteiger partial charge in [-0.3, -0.25) is 9.88 Å². The first-order valence-corrected chi connectivity index (χ1v) is 6.73. The summed E-state index contributed by atoms with van der Waals surface area (Å²) < 4.78 is 1.04. The van der Waals surface area contributed by atoms with Gasteiger partial charge in [-0.25, -0.2) is 0 Å². The van der Waals surface area contributed by atoms with Crippen molar-refractivity contribution in [1.29, 1.82) is 0 Å². The molecule has 1 N–H and O–H groups in total. The molecular formula is C12H16BrN3. The van der Waals surface area contributed by atoms with E-state index >= 15 is 0 Å². The van der Waals surface area contributed by atoms with Gasteiger partial charge in [0.25, 0.3) is 0 Å². The molecule has 0 aliphatic carbocycles. The highest BCUT2D eigenvalue weighted by Crippen LogP contribution is 2.30. The van der Waals surface area contributed by atoms with Gasteiger partial charge in [-0.05, 0) is 47.8 Å². The number of fused-ring (bicyclic) bond motifs is 1. The van der Waals surface area contributed by atoms with Gasteiger partial charge in [0.1, 0.15) is 0 Å². The molecule has 0 spiro atoms. The summed E-state index contributed by atoms with van der Waals surface area (Å²) in [5.74, 6) is 0. The molecule has 2 aliphatic rings. The summed E-state index contributed by atoms with van der Waals surface area (Å²) in [6, 6.07) is 3.46. The van der Waals surface area contributed by atoms with Crippen LogP contribution in [0.25, 0.3) is 0 Å². The summed E-state index contributed by atoms with van der Waals surface area (Å²) in [4.78, 5) is 6.80. The predicted molar refractivity (Wildman–Crippen MR) is 68.6 cm³/mol. The second kappa shape index (κ2) is 4.34. The number of nitrogens with one attached hydrogen (secondary N) is 1. The summed E-state index contributed by atoms with van der Waals surface area (Å²) in [5, 5.41) is 3.62. The smallest absolute Gasteiger partial charge is 0.0540 e. The molecule has 16 heavy (non-hydrogen) atoms. The summed E-state index contributed by atoms with van der Waals surface area (Å²) in [6.07, 6.45) is 7.69. The molecule has 2 aliphatic heterocycles. The Balaban J connectivity index is 1.71. The number of hydrogen-bond acceptors (Lipinski definition) is 3. The molecule has 3 nitrogen and oxygen atoms in total. The molecule has 4 heteroatoms. The van der Waals surface area contributed by atoms with Crippen LogP contribution in [-0.2, 0) is 0 Å². The third kappa shape index (κ3) is 1.96. The van der Waals surface area contributed by atoms with Crippen LogP contribution in [0, 0.1) is 0 Å². The van der Waals surface area contributed by atoms with Crippen LogP contribution in [0.2, 0.25) is 0 Å². The van der Waals surface area contributed by atoms with Crippen LogP contribution in [-0.4, -0.2) is 35.1 Å². The summed E-state index contributed by atoms with van der Waals surface area (Å²) in [6.45, 7) is 2.54. The molecule has 0 bridgehead atoms. The van der Waals surface area contributed by atoms with Crippen molar-refractivity contribution in [1.82, 2.24) is 9.88 Å². The minimum atomic E-state index is 0.610. The molecule has 2 fully saturated rings. The van der Waals surface area contributed by atoms with Crippen LogP contribution in [0.15, 0.2) is 22.9 Å². The fourth-order valence-corrected chi connectivity index (χ4v) is 3.32. The molecule has 3 rings (SSSR count). The molecule has 2 atom stereocenters. The van der Waals surface area contributed by atoms with Crippen molar-refractivity contribution in [3.8, 4) is 0 Å². The maximum absolute atomic E-state index is 4.19. The molecule has 0 radical (unpaired) electrons. The van der Waals surface area contributed by atoms with Gasteiger partial charge in [0, 0.05) is 29.3 Å². The number of anilines is 1. The van der Waals surface area contributed by atoms with Crippen molar-refractivity contribution in [2.75, 3.05) is 18.4 Å². The highest BCUT2D eigenvalue weighted by atomic mass is 79.9. The summed E-state index contributed by atoms with van der Waals surface area (Å²) >= 11 is 3.46. The number of rotatable bonds is 2. The van der Waals surface area contributed by atoms with E-state index in [1.54, 1.807) is 0 Å². The minimum absolute atomic E-state index is 0.610. The second-order valence-corrected chi connectivity index (χ2v) is 5.59. The number of halogens is 1. The van der Waals surface area contributed by atoms with Gasteiger partial charge in [0.2, 0.25) is 0 Å². The van der Waals surface area contributed by atoms with Crippen LogP contribution in [0.3, 0.4) is 0 Å². The average Bonchev–Trinajstić information content (AvgIpc) is 2.83. The molecular weight excluding hydrogens is 266 g/mol. The normalized spacial score (nSPS) is 29.3. The molecule has 1 aromatic rings. The first-order chi connectivity index (χ1) is 7.83. The topological polar surface area (TPSA) is 28.2 Å². The fraction of sp³-hybridized carbons (Fsp3) is 0.583. The van der Waals surface area contributed by atoms with Gasteiger partial charge < -0.3 is 5.32 Å². The average molecular weight is 282 g/mol. The Morgan fingerprint density at radius 2 is 2.25 bits per heavy atom. The second-order valence-electron chi connectivity index (χ2n) is 4.68. The Kier molecular flexibility index (Phi) is 2.86. The molecule has 1 aromatic heterocycles. The van der Waals surface area contributed by atoms with Crippen LogP contribution < -0.4 is 5.32 Å². The molecule has 0 saturated carbocycles. The third-order valence-electron chi connectivity index (χ3n) is 3.66. The lowest BCUT2D eigenvalue weighted by molar-refractivity contribution is 0.318. The van der Waals surface area contributed by atoms with Crippen molar-refractivity contribution < 1.29 is 0 Å². The largest absolute Gasteiger partial charge is 0.379 e. The first-order valence-electron chi connectivity index (χ1n) is 5.94. The van der Waals surface area contributed by atoms with Crippen molar-refractivity contribution in [2.24, 2.45) is 0 Å². The van der Waals surface area contributed by atoms with Crippen molar-refractivity contribution in [3.63, 3.8) is 0 Å². The van der Waals surface area contributed by atoms with Crippen LogP contribution in [0.5, 0.6) is 0 Å². The quantitative estimate of drug-likeness (QED) is 0.903. The highest BCUT2D eigenvalue weighted by Gasteiger charge is 2.36. The number of hydrogen-bond donors (Lipinski definition) is 1. The Morgan fingerprint density at radius 3 is 3.12 bits per heavy atom. The molecule has 0 aromatic carbocycles. The number of pyridine rings is 1. The molecule has 2 unspecified atom stereocenters. The Hall–Kier alpha value is -0.610. The van der Waals surface area contributed by atoms with Crippen LogP contribution >= 0.6 is 15.9 Å². The summed E-state index contributed by atoms with van der Waals surface area (Å²) in [5.41, 5.74) is 1.13. The van der Waals surface area contributed by atoms with E-state index in [1.165, 1.54) is 32.4 Å². The Labute approximate surface area is 104 Å². The van der Waals surface area contributed by atoms with E-state index in [2.05, 4.69) is 37.2 Å². The number of aromatic nitrogens is 1. The van der Waals surface area contributed by atoms with E-state index in [-0.39, 0.29) is 0 Å². The van der Waals surface area contributed by atoms with Crippen LogP contribution in [0.1, 0.15) is 19.3 Å². The van der Waals surface area contributed by atoms with Crippen molar-refractivity contribution >= 4 is 21.6 Å². The zero-order valence-electron chi connectivity index (χ0n) is 9.19. The van der Waals surface area contributed by atoms with E-state index in [0.29, 0.717) is 6.04 Å². The summed E-state index contributed by atoms with van der Waals surface area (Å²) in [7, 11) is 0. The highest BCUT2D eigenvalue weighted by molar-refractivity contribution is 9.10. The minimum Gasteiger partial charge on any atom is -0.379 e. The lowest BCUT2D eigenvalue weighted by atomic mass is 10.1. The van der Waals surface area contributed by atoms with Crippen molar-refractivity contribution in [2.45, 2.75) is 31.3 Å². The molecule has 3 heterocycles. The molecule has 0 amide bonds. The standard InChI is InChI=1S/C12H16BrN3/c13-9-6-10(8-14-7-9)15-11-3-5-16-4-1-2-12(11)16/h6-8,11-12,15H,1-5H2. The Morgan fingerprint density at radius 1 is 1.31 bits per heavy atom. The van der Waals surface area contributed by atoms with E-state index in [0.717, 1.165) is 16.2 Å². The van der Waals surface area contributed by atoms with Gasteiger partial charge >= 0.3 is 0 Å². The monoisotopic (exact) mass is 281 g/mol. The maximum atomic E-state index is 4.19. The van der Waals surface area contributed by atoms with Gasteiger partial charge in [0.15, 0.2) is 0 Å². The zero-order valence-corrected chi connectivity index (χ0v) is 10.8. The molecule has 86 valence electrons. The Bertz CT molecular complexity index is 382. The zero-order chi connectivity index (χ0) is 11.0. The van der Waals surface area contributed by atoms with Gasteiger partial charge in [-0.2, -0.15) is 0 Å². The van der Waals surface area contributed by atoms with E-state index in [1.807, 2.05) is 12.4 Å². The number of nitrogens with zero attached hydrogens (tertiary/aromatic N) is 2. The maximum Gasteiger partial charge on any atom is 0.0540 e. The third-order valence-corrected chi connectivity index (χ3v) is 4.10. The predicted octanol–water partition coefficient (Wildman–Crippen LogP) is 2.49.